The van der Waals surface area contributed by atoms with Crippen molar-refractivity contribution in [2.75, 3.05) is 13.1 Å². The Morgan fingerprint density at radius 3 is 2.65 bits per heavy atom. The van der Waals surface area contributed by atoms with Gasteiger partial charge in [0.25, 0.3) is 0 Å². The van der Waals surface area contributed by atoms with E-state index in [0.29, 0.717) is 5.92 Å². The molecule has 1 aromatic carbocycles. The molecule has 1 aliphatic carbocycles. The van der Waals surface area contributed by atoms with Crippen LogP contribution in [0.5, 0.6) is 0 Å². The largest absolute Gasteiger partial charge is 0.392 e. The molecule has 0 radical (unpaired) electrons. The number of amides is 1. The van der Waals surface area contributed by atoms with E-state index in [4.69, 9.17) is 4.98 Å². The first-order valence-corrected chi connectivity index (χ1v) is 9.36. The zero-order valence-corrected chi connectivity index (χ0v) is 14.0. The number of benzene rings is 1. The van der Waals surface area contributed by atoms with E-state index in [-0.39, 0.29) is 11.8 Å². The van der Waals surface area contributed by atoms with E-state index >= 15 is 0 Å². The van der Waals surface area contributed by atoms with Crippen LogP contribution in [-0.2, 0) is 4.79 Å². The summed E-state index contributed by atoms with van der Waals surface area (Å²) in [6, 6.07) is 8.27. The molecular weight excluding hydrogens is 308 g/mol. The number of piperidine rings is 1. The normalized spacial score (nSPS) is 26.0. The van der Waals surface area contributed by atoms with Crippen LogP contribution in [0.2, 0.25) is 0 Å². The number of aliphatic hydroxyl groups is 1. The minimum Gasteiger partial charge on any atom is -0.392 e. The lowest BCUT2D eigenvalue weighted by Crippen LogP contribution is -2.43. The van der Waals surface area contributed by atoms with E-state index in [1.54, 1.807) is 11.3 Å². The van der Waals surface area contributed by atoms with E-state index < -0.39 is 6.10 Å². The molecular formula is C18H22N2O2S. The van der Waals surface area contributed by atoms with Gasteiger partial charge in [-0.05, 0) is 44.2 Å². The van der Waals surface area contributed by atoms with Crippen LogP contribution >= 0.6 is 11.3 Å². The molecule has 2 atom stereocenters. The highest BCUT2D eigenvalue weighted by atomic mass is 32.1. The standard InChI is InChI=1S/C18H22N2O2S/c21-15-6-3-4-13(15)18(22)20-10-8-12(9-11-20)17-19-14-5-1-2-7-16(14)23-17/h1-2,5,7,12-13,15,21H,3-4,6,8-11H2. The first kappa shape index (κ1) is 15.1. The van der Waals surface area contributed by atoms with Crippen LogP contribution in [0, 0.1) is 5.92 Å². The Bertz CT molecular complexity index is 673. The maximum absolute atomic E-state index is 12.5. The second kappa shape index (κ2) is 6.21. The lowest BCUT2D eigenvalue weighted by Gasteiger charge is -2.33. The van der Waals surface area contributed by atoms with E-state index in [2.05, 4.69) is 18.2 Å². The van der Waals surface area contributed by atoms with Gasteiger partial charge in [0.2, 0.25) is 5.91 Å². The summed E-state index contributed by atoms with van der Waals surface area (Å²) in [6.45, 7) is 1.59. The predicted octanol–water partition coefficient (Wildman–Crippen LogP) is 3.16. The second-order valence-corrected chi connectivity index (χ2v) is 7.79. The number of nitrogens with zero attached hydrogens (tertiary/aromatic N) is 2. The van der Waals surface area contributed by atoms with Crippen molar-refractivity contribution >= 4 is 27.5 Å². The lowest BCUT2D eigenvalue weighted by molar-refractivity contribution is -0.139. The number of hydrogen-bond acceptors (Lipinski definition) is 4. The maximum Gasteiger partial charge on any atom is 0.228 e. The molecule has 0 bridgehead atoms. The maximum atomic E-state index is 12.5. The fraction of sp³-hybridized carbons (Fsp3) is 0.556. The Hall–Kier alpha value is -1.46. The number of fused-ring (bicyclic) bond motifs is 1. The van der Waals surface area contributed by atoms with Gasteiger partial charge in [-0.25, -0.2) is 4.98 Å². The van der Waals surface area contributed by atoms with Gasteiger partial charge in [0, 0.05) is 19.0 Å². The summed E-state index contributed by atoms with van der Waals surface area (Å²) in [4.78, 5) is 19.3. The van der Waals surface area contributed by atoms with Crippen LogP contribution in [0.15, 0.2) is 24.3 Å². The average Bonchev–Trinajstić information content (AvgIpc) is 3.20. The minimum atomic E-state index is -0.426. The average molecular weight is 330 g/mol. The molecule has 2 aromatic rings. The molecule has 23 heavy (non-hydrogen) atoms. The van der Waals surface area contributed by atoms with Gasteiger partial charge in [-0.1, -0.05) is 12.1 Å². The second-order valence-electron chi connectivity index (χ2n) is 6.72. The van der Waals surface area contributed by atoms with Gasteiger partial charge in [-0.3, -0.25) is 4.79 Å². The summed E-state index contributed by atoms with van der Waals surface area (Å²) in [5.74, 6) is 0.469. The van der Waals surface area contributed by atoms with E-state index in [1.807, 2.05) is 11.0 Å². The fourth-order valence-corrected chi connectivity index (χ4v) is 5.01. The Kier molecular flexibility index (Phi) is 4.07. The van der Waals surface area contributed by atoms with Crippen molar-refractivity contribution in [1.29, 1.82) is 0 Å². The molecule has 2 unspecified atom stereocenters. The van der Waals surface area contributed by atoms with E-state index in [0.717, 1.165) is 50.7 Å². The van der Waals surface area contributed by atoms with Gasteiger partial charge in [0.05, 0.1) is 27.2 Å². The molecule has 2 aliphatic rings. The smallest absolute Gasteiger partial charge is 0.228 e. The summed E-state index contributed by atoms with van der Waals surface area (Å²) in [5.41, 5.74) is 1.08. The van der Waals surface area contributed by atoms with Gasteiger partial charge in [-0.2, -0.15) is 0 Å². The lowest BCUT2D eigenvalue weighted by atomic mass is 9.95. The third-order valence-corrected chi connectivity index (χ3v) is 6.46. The first-order chi connectivity index (χ1) is 11.2. The summed E-state index contributed by atoms with van der Waals surface area (Å²) in [5, 5.41) is 11.2. The predicted molar refractivity (Wildman–Crippen MR) is 91.5 cm³/mol. The quantitative estimate of drug-likeness (QED) is 0.920. The Morgan fingerprint density at radius 2 is 1.96 bits per heavy atom. The number of likely N-dealkylation sites (tertiary alicyclic amines) is 1. The van der Waals surface area contributed by atoms with Crippen LogP contribution in [0.1, 0.15) is 43.0 Å². The molecule has 2 heterocycles. The molecule has 5 heteroatoms. The fourth-order valence-electron chi connectivity index (χ4n) is 3.87. The SMILES string of the molecule is O=C(C1CCCC1O)N1CCC(c2nc3ccccc3s2)CC1. The molecule has 1 aliphatic heterocycles. The number of carbonyl (C=O) groups excluding carboxylic acids is 1. The number of aliphatic hydroxyl groups excluding tert-OH is 1. The number of carbonyl (C=O) groups is 1. The minimum absolute atomic E-state index is 0.158. The Balaban J connectivity index is 1.41. The molecule has 1 saturated carbocycles. The highest BCUT2D eigenvalue weighted by molar-refractivity contribution is 7.18. The van der Waals surface area contributed by atoms with Gasteiger partial charge in [-0.15, -0.1) is 11.3 Å². The monoisotopic (exact) mass is 330 g/mol. The molecule has 0 spiro atoms. The van der Waals surface area contributed by atoms with Crippen molar-refractivity contribution in [2.24, 2.45) is 5.92 Å². The first-order valence-electron chi connectivity index (χ1n) is 8.54. The van der Waals surface area contributed by atoms with Crippen molar-refractivity contribution in [3.63, 3.8) is 0 Å². The van der Waals surface area contributed by atoms with Crippen molar-refractivity contribution < 1.29 is 9.90 Å². The highest BCUT2D eigenvalue weighted by Gasteiger charge is 2.36. The Labute approximate surface area is 140 Å². The summed E-state index contributed by atoms with van der Waals surface area (Å²) in [6.07, 6.45) is 4.13. The Morgan fingerprint density at radius 1 is 1.17 bits per heavy atom. The third-order valence-electron chi connectivity index (χ3n) is 5.26. The van der Waals surface area contributed by atoms with Gasteiger partial charge >= 0.3 is 0 Å². The number of hydrogen-bond donors (Lipinski definition) is 1. The zero-order valence-electron chi connectivity index (χ0n) is 13.1. The van der Waals surface area contributed by atoms with Crippen molar-refractivity contribution in [3.05, 3.63) is 29.3 Å². The number of thiazole rings is 1. The van der Waals surface area contributed by atoms with Gasteiger partial charge in [0.15, 0.2) is 0 Å². The van der Waals surface area contributed by atoms with Crippen LogP contribution in [0.3, 0.4) is 0 Å². The summed E-state index contributed by atoms with van der Waals surface area (Å²) in [7, 11) is 0. The zero-order chi connectivity index (χ0) is 15.8. The van der Waals surface area contributed by atoms with Gasteiger partial charge in [0.1, 0.15) is 0 Å². The van der Waals surface area contributed by atoms with Crippen molar-refractivity contribution in [2.45, 2.75) is 44.1 Å². The number of aromatic nitrogens is 1. The molecule has 122 valence electrons. The summed E-state index contributed by atoms with van der Waals surface area (Å²) < 4.78 is 1.25. The van der Waals surface area contributed by atoms with Crippen LogP contribution < -0.4 is 0 Å². The molecule has 1 amide bonds. The number of para-hydroxylation sites is 1. The molecule has 4 rings (SSSR count). The molecule has 1 N–H and O–H groups in total. The van der Waals surface area contributed by atoms with E-state index in [1.165, 1.54) is 9.71 Å². The van der Waals surface area contributed by atoms with Crippen LogP contribution in [-0.4, -0.2) is 40.1 Å². The highest BCUT2D eigenvalue weighted by Crippen LogP contribution is 2.35. The molecule has 2 fully saturated rings. The number of rotatable bonds is 2. The van der Waals surface area contributed by atoms with Crippen molar-refractivity contribution in [3.8, 4) is 0 Å². The topological polar surface area (TPSA) is 53.4 Å². The molecule has 4 nitrogen and oxygen atoms in total. The van der Waals surface area contributed by atoms with Crippen LogP contribution in [0.25, 0.3) is 10.2 Å². The van der Waals surface area contributed by atoms with Crippen LogP contribution in [0.4, 0.5) is 0 Å². The van der Waals surface area contributed by atoms with E-state index in [9.17, 15) is 9.90 Å². The van der Waals surface area contributed by atoms with Crippen molar-refractivity contribution in [1.82, 2.24) is 9.88 Å². The molecule has 1 aromatic heterocycles. The third kappa shape index (κ3) is 2.88. The molecule has 1 saturated heterocycles. The van der Waals surface area contributed by atoms with Gasteiger partial charge < -0.3 is 10.0 Å². The summed E-state index contributed by atoms with van der Waals surface area (Å²) >= 11 is 1.78.